The van der Waals surface area contributed by atoms with Crippen LogP contribution in [0.2, 0.25) is 5.02 Å². The fourth-order valence-corrected chi connectivity index (χ4v) is 2.57. The second kappa shape index (κ2) is 4.90. The van der Waals surface area contributed by atoms with E-state index < -0.39 is 0 Å². The molecule has 0 aliphatic rings. The third-order valence-electron chi connectivity index (χ3n) is 2.51. The van der Waals surface area contributed by atoms with Gasteiger partial charge < -0.3 is 4.74 Å². The highest BCUT2D eigenvalue weighted by Gasteiger charge is 2.14. The van der Waals surface area contributed by atoms with Gasteiger partial charge in [0.2, 0.25) is 0 Å². The second-order valence-corrected chi connectivity index (χ2v) is 4.80. The van der Waals surface area contributed by atoms with E-state index in [2.05, 4.69) is 0 Å². The lowest BCUT2D eigenvalue weighted by atomic mass is 10.0. The molecule has 1 aromatic carbocycles. The second-order valence-electron chi connectivity index (χ2n) is 3.65. The van der Waals surface area contributed by atoms with Crippen LogP contribution in [0.1, 0.15) is 21.5 Å². The molecular formula is C13H11ClO2S. The number of ether oxygens (including phenoxy) is 1. The molecule has 2 rings (SSSR count). The average Bonchev–Trinajstić information content (AvgIpc) is 2.75. The maximum absolute atomic E-state index is 12.2. The summed E-state index contributed by atoms with van der Waals surface area (Å²) in [6.07, 6.45) is 0. The number of halogens is 1. The van der Waals surface area contributed by atoms with Gasteiger partial charge in [0.05, 0.1) is 12.1 Å². The van der Waals surface area contributed by atoms with Gasteiger partial charge in [-0.25, -0.2) is 0 Å². The zero-order chi connectivity index (χ0) is 12.4. The van der Waals surface area contributed by atoms with Gasteiger partial charge in [0.25, 0.3) is 0 Å². The Kier molecular flexibility index (Phi) is 3.50. The smallest absolute Gasteiger partial charge is 0.194 e. The van der Waals surface area contributed by atoms with E-state index in [9.17, 15) is 4.79 Å². The molecule has 0 amide bonds. The van der Waals surface area contributed by atoms with E-state index in [1.165, 1.54) is 18.4 Å². The zero-order valence-electron chi connectivity index (χ0n) is 9.49. The minimum Gasteiger partial charge on any atom is -0.495 e. The largest absolute Gasteiger partial charge is 0.495 e. The predicted octanol–water partition coefficient (Wildman–Crippen LogP) is 3.95. The monoisotopic (exact) mass is 266 g/mol. The van der Waals surface area contributed by atoms with Crippen LogP contribution in [-0.2, 0) is 0 Å². The molecule has 4 heteroatoms. The van der Waals surface area contributed by atoms with Gasteiger partial charge in [0, 0.05) is 16.5 Å². The molecule has 0 unspecified atom stereocenters. The molecule has 1 aromatic heterocycles. The molecule has 0 N–H and O–H groups in total. The van der Waals surface area contributed by atoms with Crippen molar-refractivity contribution < 1.29 is 9.53 Å². The summed E-state index contributed by atoms with van der Waals surface area (Å²) in [6.45, 7) is 1.93. The van der Waals surface area contributed by atoms with E-state index in [0.717, 1.165) is 11.1 Å². The number of hydrogen-bond acceptors (Lipinski definition) is 3. The van der Waals surface area contributed by atoms with Gasteiger partial charge in [-0.05, 0) is 36.1 Å². The summed E-state index contributed by atoms with van der Waals surface area (Å²) in [5, 5.41) is 4.32. The molecular weight excluding hydrogens is 256 g/mol. The summed E-state index contributed by atoms with van der Waals surface area (Å²) in [7, 11) is 1.53. The Bertz CT molecular complexity index is 560. The van der Waals surface area contributed by atoms with Gasteiger partial charge in [0.15, 0.2) is 5.78 Å². The van der Waals surface area contributed by atoms with E-state index in [1.807, 2.05) is 17.7 Å². The molecule has 0 spiro atoms. The Balaban J connectivity index is 2.41. The van der Waals surface area contributed by atoms with Crippen molar-refractivity contribution in [3.8, 4) is 5.75 Å². The summed E-state index contributed by atoms with van der Waals surface area (Å²) in [4.78, 5) is 12.2. The molecule has 0 saturated carbocycles. The van der Waals surface area contributed by atoms with Crippen LogP contribution in [0.3, 0.4) is 0 Å². The maximum atomic E-state index is 12.2. The number of aryl methyl sites for hydroxylation is 1. The van der Waals surface area contributed by atoms with Crippen LogP contribution in [0.4, 0.5) is 0 Å². The van der Waals surface area contributed by atoms with Crippen LogP contribution >= 0.6 is 22.9 Å². The summed E-state index contributed by atoms with van der Waals surface area (Å²) >= 11 is 7.45. The summed E-state index contributed by atoms with van der Waals surface area (Å²) in [6, 6.07) is 5.06. The standard InChI is InChI=1S/C13H11ClO2S/c1-8-6-17-7-10(8)13(15)9-3-4-11(14)12(5-9)16-2/h3-7H,1-2H3. The van der Waals surface area contributed by atoms with Crippen LogP contribution in [0.25, 0.3) is 0 Å². The molecule has 0 saturated heterocycles. The van der Waals surface area contributed by atoms with E-state index in [1.54, 1.807) is 18.2 Å². The SMILES string of the molecule is COc1cc(C(=O)c2cscc2C)ccc1Cl. The van der Waals surface area contributed by atoms with Gasteiger partial charge in [-0.1, -0.05) is 11.6 Å². The quantitative estimate of drug-likeness (QED) is 0.787. The lowest BCUT2D eigenvalue weighted by Crippen LogP contribution is -2.01. The van der Waals surface area contributed by atoms with Crippen molar-refractivity contribution in [2.75, 3.05) is 7.11 Å². The number of carbonyl (C=O) groups excluding carboxylic acids is 1. The third kappa shape index (κ3) is 2.35. The van der Waals surface area contributed by atoms with E-state index in [0.29, 0.717) is 16.3 Å². The Morgan fingerprint density at radius 3 is 2.71 bits per heavy atom. The number of methoxy groups -OCH3 is 1. The molecule has 0 atom stereocenters. The van der Waals surface area contributed by atoms with Crippen molar-refractivity contribution >= 4 is 28.7 Å². The van der Waals surface area contributed by atoms with E-state index >= 15 is 0 Å². The van der Waals surface area contributed by atoms with Gasteiger partial charge in [0.1, 0.15) is 5.75 Å². The van der Waals surface area contributed by atoms with Crippen LogP contribution in [0, 0.1) is 6.92 Å². The van der Waals surface area contributed by atoms with Crippen LogP contribution in [-0.4, -0.2) is 12.9 Å². The molecule has 0 aliphatic heterocycles. The Morgan fingerprint density at radius 2 is 2.12 bits per heavy atom. The number of benzene rings is 1. The number of rotatable bonds is 3. The fourth-order valence-electron chi connectivity index (χ4n) is 1.55. The number of carbonyl (C=O) groups is 1. The molecule has 1 heterocycles. The lowest BCUT2D eigenvalue weighted by molar-refractivity contribution is 0.103. The van der Waals surface area contributed by atoms with Crippen molar-refractivity contribution in [2.45, 2.75) is 6.92 Å². The minimum atomic E-state index is -0.00119. The highest BCUT2D eigenvalue weighted by Crippen LogP contribution is 2.27. The average molecular weight is 267 g/mol. The van der Waals surface area contributed by atoms with Crippen LogP contribution < -0.4 is 4.74 Å². The molecule has 17 heavy (non-hydrogen) atoms. The highest BCUT2D eigenvalue weighted by molar-refractivity contribution is 7.08. The van der Waals surface area contributed by atoms with E-state index in [4.69, 9.17) is 16.3 Å². The Labute approximate surface area is 109 Å². The van der Waals surface area contributed by atoms with Crippen molar-refractivity contribution in [1.82, 2.24) is 0 Å². The topological polar surface area (TPSA) is 26.3 Å². The normalized spacial score (nSPS) is 10.3. The summed E-state index contributed by atoms with van der Waals surface area (Å²) < 4.78 is 5.10. The molecule has 0 bridgehead atoms. The van der Waals surface area contributed by atoms with Crippen molar-refractivity contribution in [3.63, 3.8) is 0 Å². The summed E-state index contributed by atoms with van der Waals surface area (Å²) in [5.74, 6) is 0.518. The predicted molar refractivity (Wildman–Crippen MR) is 70.5 cm³/mol. The number of thiophene rings is 1. The lowest BCUT2D eigenvalue weighted by Gasteiger charge is -2.05. The first-order valence-corrected chi connectivity index (χ1v) is 6.36. The van der Waals surface area contributed by atoms with Crippen molar-refractivity contribution in [2.24, 2.45) is 0 Å². The Hall–Kier alpha value is -1.32. The maximum Gasteiger partial charge on any atom is 0.194 e. The number of ketones is 1. The Morgan fingerprint density at radius 1 is 1.35 bits per heavy atom. The number of hydrogen-bond donors (Lipinski definition) is 0. The van der Waals surface area contributed by atoms with Crippen molar-refractivity contribution in [3.05, 3.63) is 50.7 Å². The summed E-state index contributed by atoms with van der Waals surface area (Å²) in [5.41, 5.74) is 2.32. The van der Waals surface area contributed by atoms with Gasteiger partial charge in [-0.15, -0.1) is 0 Å². The van der Waals surface area contributed by atoms with Gasteiger partial charge in [-0.2, -0.15) is 11.3 Å². The first-order chi connectivity index (χ1) is 8.13. The van der Waals surface area contributed by atoms with Gasteiger partial charge >= 0.3 is 0 Å². The molecule has 0 fully saturated rings. The fraction of sp³-hybridized carbons (Fsp3) is 0.154. The molecule has 2 aromatic rings. The highest BCUT2D eigenvalue weighted by atomic mass is 35.5. The molecule has 0 aliphatic carbocycles. The van der Waals surface area contributed by atoms with Crippen LogP contribution in [0.15, 0.2) is 29.0 Å². The molecule has 2 nitrogen and oxygen atoms in total. The molecule has 0 radical (unpaired) electrons. The third-order valence-corrected chi connectivity index (χ3v) is 3.69. The first-order valence-electron chi connectivity index (χ1n) is 5.04. The molecule has 88 valence electrons. The van der Waals surface area contributed by atoms with E-state index in [-0.39, 0.29) is 5.78 Å². The van der Waals surface area contributed by atoms with Crippen molar-refractivity contribution in [1.29, 1.82) is 0 Å². The first kappa shape index (κ1) is 12.1. The van der Waals surface area contributed by atoms with Gasteiger partial charge in [-0.3, -0.25) is 4.79 Å². The van der Waals surface area contributed by atoms with Crippen LogP contribution in [0.5, 0.6) is 5.75 Å². The zero-order valence-corrected chi connectivity index (χ0v) is 11.1. The minimum absolute atomic E-state index is 0.00119.